The Kier molecular flexibility index (Phi) is 4.50. The second-order valence-electron chi connectivity index (χ2n) is 7.89. The minimum atomic E-state index is -0.230. The molecule has 1 amide bonds. The molecule has 2 heterocycles. The van der Waals surface area contributed by atoms with Gasteiger partial charge in [-0.25, -0.2) is 4.68 Å². The van der Waals surface area contributed by atoms with Crippen LogP contribution in [0.15, 0.2) is 35.3 Å². The normalized spacial score (nSPS) is 23.0. The fourth-order valence-electron chi connectivity index (χ4n) is 4.40. The van der Waals surface area contributed by atoms with Crippen molar-refractivity contribution in [1.82, 2.24) is 19.7 Å². The summed E-state index contributed by atoms with van der Waals surface area (Å²) in [6.07, 6.45) is 5.04. The first kappa shape index (κ1) is 17.8. The highest BCUT2D eigenvalue weighted by Crippen LogP contribution is 2.29. The van der Waals surface area contributed by atoms with Crippen LogP contribution in [-0.4, -0.2) is 26.3 Å². The Morgan fingerprint density at radius 3 is 2.81 bits per heavy atom. The molecule has 27 heavy (non-hydrogen) atoms. The number of benzene rings is 1. The molecule has 142 valence electrons. The zero-order chi connectivity index (χ0) is 19.1. The molecule has 6 heteroatoms. The zero-order valence-corrected chi connectivity index (χ0v) is 16.1. The summed E-state index contributed by atoms with van der Waals surface area (Å²) in [5.41, 5.74) is 1.34. The van der Waals surface area contributed by atoms with Crippen molar-refractivity contribution in [1.29, 1.82) is 0 Å². The van der Waals surface area contributed by atoms with Gasteiger partial charge in [0.05, 0.1) is 6.20 Å². The Morgan fingerprint density at radius 2 is 2.00 bits per heavy atom. The van der Waals surface area contributed by atoms with Crippen molar-refractivity contribution in [3.63, 3.8) is 0 Å². The number of carbonyl (C=O) groups excluding carboxylic acids is 1. The predicted molar refractivity (Wildman–Crippen MR) is 107 cm³/mol. The van der Waals surface area contributed by atoms with Gasteiger partial charge in [0.15, 0.2) is 0 Å². The summed E-state index contributed by atoms with van der Waals surface area (Å²) in [4.78, 5) is 25.5. The number of hydrogen-bond acceptors (Lipinski definition) is 3. The molecule has 0 saturated heterocycles. The lowest BCUT2D eigenvalue weighted by molar-refractivity contribution is -0.123. The number of hydrogen-bond donors (Lipinski definition) is 1. The van der Waals surface area contributed by atoms with Crippen LogP contribution in [0.2, 0.25) is 0 Å². The van der Waals surface area contributed by atoms with Crippen molar-refractivity contribution >= 4 is 27.7 Å². The summed E-state index contributed by atoms with van der Waals surface area (Å²) in [5.74, 6) is 0.916. The third-order valence-electron chi connectivity index (χ3n) is 6.26. The highest BCUT2D eigenvalue weighted by atomic mass is 16.2. The quantitative estimate of drug-likeness (QED) is 0.775. The van der Waals surface area contributed by atoms with Crippen molar-refractivity contribution in [3.05, 3.63) is 40.8 Å². The Bertz CT molecular complexity index is 1070. The molecule has 0 unspecified atom stereocenters. The van der Waals surface area contributed by atoms with E-state index in [1.807, 2.05) is 35.9 Å². The molecule has 3 aromatic rings. The minimum Gasteiger partial charge on any atom is -0.351 e. The predicted octanol–water partition coefficient (Wildman–Crippen LogP) is 2.83. The smallest absolute Gasteiger partial charge is 0.291 e. The van der Waals surface area contributed by atoms with Gasteiger partial charge in [-0.1, -0.05) is 44.9 Å². The number of aryl methyl sites for hydroxylation is 1. The molecule has 0 bridgehead atoms. The molecule has 0 spiro atoms. The number of carbonyl (C=O) groups is 1. The second-order valence-corrected chi connectivity index (χ2v) is 7.89. The van der Waals surface area contributed by atoms with Gasteiger partial charge in [-0.2, -0.15) is 5.10 Å². The lowest BCUT2D eigenvalue weighted by Gasteiger charge is -2.34. The number of fused-ring (bicyclic) bond motifs is 3. The highest BCUT2D eigenvalue weighted by molar-refractivity contribution is 6.07. The van der Waals surface area contributed by atoms with E-state index in [1.54, 1.807) is 6.20 Å². The molecule has 1 fully saturated rings. The number of nitrogens with zero attached hydrogens (tertiary/aromatic N) is 3. The molecule has 1 aliphatic rings. The molecule has 0 radical (unpaired) electrons. The molecular weight excluding hydrogens is 340 g/mol. The van der Waals surface area contributed by atoms with E-state index in [4.69, 9.17) is 0 Å². The van der Waals surface area contributed by atoms with E-state index in [-0.39, 0.29) is 24.1 Å². The van der Waals surface area contributed by atoms with E-state index in [9.17, 15) is 9.59 Å². The van der Waals surface area contributed by atoms with Gasteiger partial charge in [-0.15, -0.1) is 0 Å². The molecule has 2 aromatic heterocycles. The van der Waals surface area contributed by atoms with E-state index in [1.165, 1.54) is 11.1 Å². The highest BCUT2D eigenvalue weighted by Gasteiger charge is 2.28. The van der Waals surface area contributed by atoms with Crippen LogP contribution in [0.3, 0.4) is 0 Å². The van der Waals surface area contributed by atoms with Crippen LogP contribution in [0.25, 0.3) is 21.8 Å². The lowest BCUT2D eigenvalue weighted by Crippen LogP contribution is -2.45. The maximum atomic E-state index is 13.0. The topological polar surface area (TPSA) is 68.9 Å². The van der Waals surface area contributed by atoms with Gasteiger partial charge < -0.3 is 9.88 Å². The van der Waals surface area contributed by atoms with E-state index < -0.39 is 0 Å². The molecule has 6 nitrogen and oxygen atoms in total. The maximum Gasteiger partial charge on any atom is 0.291 e. The van der Waals surface area contributed by atoms with E-state index >= 15 is 0 Å². The Morgan fingerprint density at radius 1 is 1.22 bits per heavy atom. The van der Waals surface area contributed by atoms with Crippen LogP contribution in [0.5, 0.6) is 0 Å². The third-order valence-corrected chi connectivity index (χ3v) is 6.26. The molecule has 3 atom stereocenters. The second kappa shape index (κ2) is 6.83. The monoisotopic (exact) mass is 366 g/mol. The van der Waals surface area contributed by atoms with Crippen molar-refractivity contribution < 1.29 is 4.79 Å². The number of nitrogens with one attached hydrogen (secondary N) is 1. The van der Waals surface area contributed by atoms with Gasteiger partial charge in [0.1, 0.15) is 12.1 Å². The van der Waals surface area contributed by atoms with Crippen LogP contribution in [-0.2, 0) is 18.4 Å². The fourth-order valence-corrected chi connectivity index (χ4v) is 4.40. The van der Waals surface area contributed by atoms with Gasteiger partial charge >= 0.3 is 0 Å². The number of rotatable bonds is 3. The number of para-hydroxylation sites is 1. The van der Waals surface area contributed by atoms with Gasteiger partial charge in [0.25, 0.3) is 5.56 Å². The first-order valence-corrected chi connectivity index (χ1v) is 9.70. The summed E-state index contributed by atoms with van der Waals surface area (Å²) < 4.78 is 3.15. The summed E-state index contributed by atoms with van der Waals surface area (Å²) in [6.45, 7) is 4.39. The average Bonchev–Trinajstić information content (AvgIpc) is 2.95. The van der Waals surface area contributed by atoms with Gasteiger partial charge in [0, 0.05) is 29.4 Å². The van der Waals surface area contributed by atoms with Crippen molar-refractivity contribution in [2.45, 2.75) is 45.7 Å². The van der Waals surface area contributed by atoms with Crippen molar-refractivity contribution in [2.75, 3.05) is 0 Å². The van der Waals surface area contributed by atoms with E-state index in [0.717, 1.165) is 29.1 Å². The van der Waals surface area contributed by atoms with Crippen molar-refractivity contribution in [2.24, 2.45) is 18.9 Å². The Labute approximate surface area is 158 Å². The fraction of sp³-hybridized carbons (Fsp3) is 0.476. The molecule has 4 rings (SSSR count). The number of aromatic nitrogens is 3. The third kappa shape index (κ3) is 3.03. The number of amides is 1. The van der Waals surface area contributed by atoms with Gasteiger partial charge in [-0.05, 0) is 24.3 Å². The van der Waals surface area contributed by atoms with Crippen molar-refractivity contribution in [3.8, 4) is 0 Å². The molecule has 1 saturated carbocycles. The molecule has 0 aliphatic heterocycles. The van der Waals surface area contributed by atoms with Crippen LogP contribution in [0, 0.1) is 11.8 Å². The first-order chi connectivity index (χ1) is 13.0. The minimum absolute atomic E-state index is 0.0477. The van der Waals surface area contributed by atoms with Crippen LogP contribution >= 0.6 is 0 Å². The van der Waals surface area contributed by atoms with Gasteiger partial charge in [0.2, 0.25) is 5.91 Å². The van der Waals surface area contributed by atoms with Crippen LogP contribution in [0.4, 0.5) is 0 Å². The standard InChI is InChI=1S/C21H26N4O2/c1-13-7-6-9-17(14(13)2)23-19(26)12-25-21(27)20-16(11-22-25)15-8-4-5-10-18(15)24(20)3/h4-5,8,10-11,13-14,17H,6-7,9,12H2,1-3H3,(H,23,26)/t13-,14+,17-/m1/s1. The first-order valence-electron chi connectivity index (χ1n) is 9.70. The van der Waals surface area contributed by atoms with E-state index in [2.05, 4.69) is 24.3 Å². The SMILES string of the molecule is C[C@H]1[C@H](C)CCC[C@H]1NC(=O)Cn1ncc2c3ccccc3n(C)c2c1=O. The van der Waals surface area contributed by atoms with Crippen LogP contribution < -0.4 is 10.9 Å². The summed E-state index contributed by atoms with van der Waals surface area (Å²) in [5, 5.41) is 9.21. The van der Waals surface area contributed by atoms with Crippen LogP contribution in [0.1, 0.15) is 33.1 Å². The molecule has 1 N–H and O–H groups in total. The lowest BCUT2D eigenvalue weighted by atomic mass is 9.78. The Hall–Kier alpha value is -2.63. The Balaban J connectivity index is 1.62. The average molecular weight is 366 g/mol. The summed E-state index contributed by atoms with van der Waals surface area (Å²) in [6, 6.07) is 8.05. The van der Waals surface area contributed by atoms with E-state index in [0.29, 0.717) is 17.4 Å². The van der Waals surface area contributed by atoms with Gasteiger partial charge in [-0.3, -0.25) is 9.59 Å². The molecule has 1 aliphatic carbocycles. The molecular formula is C21H26N4O2. The molecule has 1 aromatic carbocycles. The summed E-state index contributed by atoms with van der Waals surface area (Å²) in [7, 11) is 1.88. The summed E-state index contributed by atoms with van der Waals surface area (Å²) >= 11 is 0. The zero-order valence-electron chi connectivity index (χ0n) is 16.1. The maximum absolute atomic E-state index is 13.0. The largest absolute Gasteiger partial charge is 0.351 e.